The normalized spacial score (nSPS) is 18.5. The van der Waals surface area contributed by atoms with Crippen molar-refractivity contribution in [3.8, 4) is 0 Å². The van der Waals surface area contributed by atoms with Crippen LogP contribution in [0.1, 0.15) is 20.2 Å². The molecule has 0 fully saturated rings. The zero-order valence-corrected chi connectivity index (χ0v) is 7.16. The van der Waals surface area contributed by atoms with Gasteiger partial charge in [0.05, 0.1) is 0 Å². The number of hydrogen-bond donors (Lipinski definition) is 0. The van der Waals surface area contributed by atoms with Crippen LogP contribution in [0.5, 0.6) is 0 Å². The SMILES string of the molecule is [2H]C([2H])([2H])N(C(=O)CCc1ccccc1)C([2H])([2H])[2H]. The Hall–Kier alpha value is -1.31. The highest BCUT2D eigenvalue weighted by molar-refractivity contribution is 5.75. The molecule has 0 unspecified atom stereocenters. The predicted molar refractivity (Wildman–Crippen MR) is 53.5 cm³/mol. The summed E-state index contributed by atoms with van der Waals surface area (Å²) < 4.78 is 42.8. The summed E-state index contributed by atoms with van der Waals surface area (Å²) in [7, 11) is 0. The van der Waals surface area contributed by atoms with Crippen LogP contribution in [0, 0.1) is 0 Å². The van der Waals surface area contributed by atoms with Gasteiger partial charge in [0.25, 0.3) is 0 Å². The van der Waals surface area contributed by atoms with E-state index in [-0.39, 0.29) is 11.3 Å². The number of carbonyl (C=O) groups excluding carboxylic acids is 1. The number of benzene rings is 1. The standard InChI is InChI=1S/C11H15NO/c1-12(2)11(13)9-8-10-6-4-3-5-7-10/h3-7H,8-9H2,1-2H3/i1D3,2D3. The summed E-state index contributed by atoms with van der Waals surface area (Å²) in [5.41, 5.74) is 0.854. The molecule has 2 heteroatoms. The lowest BCUT2D eigenvalue weighted by molar-refractivity contribution is -0.128. The average Bonchev–Trinajstić information content (AvgIpc) is 2.24. The van der Waals surface area contributed by atoms with Gasteiger partial charge in [-0.1, -0.05) is 30.3 Å². The lowest BCUT2D eigenvalue weighted by Gasteiger charge is -2.09. The molecule has 0 aliphatic carbocycles. The molecule has 13 heavy (non-hydrogen) atoms. The molecule has 70 valence electrons. The topological polar surface area (TPSA) is 20.3 Å². The van der Waals surface area contributed by atoms with Crippen molar-refractivity contribution in [2.45, 2.75) is 12.8 Å². The van der Waals surface area contributed by atoms with Crippen LogP contribution in [0.15, 0.2) is 30.3 Å². The monoisotopic (exact) mass is 183 g/mol. The maximum absolute atomic E-state index is 11.8. The minimum Gasteiger partial charge on any atom is -0.349 e. The summed E-state index contributed by atoms with van der Waals surface area (Å²) in [5, 5.41) is 0. The second-order valence-electron chi connectivity index (χ2n) is 2.71. The van der Waals surface area contributed by atoms with Crippen LogP contribution >= 0.6 is 0 Å². The molecule has 0 saturated carbocycles. The maximum atomic E-state index is 11.8. The number of nitrogens with zero attached hydrogens (tertiary/aromatic N) is 1. The first-order valence-corrected chi connectivity index (χ1v) is 3.99. The number of carbonyl (C=O) groups is 1. The molecule has 1 rings (SSSR count). The molecule has 0 aliphatic heterocycles. The van der Waals surface area contributed by atoms with Gasteiger partial charge in [0.15, 0.2) is 0 Å². The van der Waals surface area contributed by atoms with Crippen LogP contribution < -0.4 is 0 Å². The second-order valence-corrected chi connectivity index (χ2v) is 2.71. The molecular weight excluding hydrogens is 162 g/mol. The average molecular weight is 183 g/mol. The van der Waals surface area contributed by atoms with Crippen molar-refractivity contribution in [1.29, 1.82) is 0 Å². The molecule has 0 N–H and O–H groups in total. The highest BCUT2D eigenvalue weighted by atomic mass is 16.2. The maximum Gasteiger partial charge on any atom is 0.222 e. The van der Waals surface area contributed by atoms with Gasteiger partial charge in [0.2, 0.25) is 5.91 Å². The van der Waals surface area contributed by atoms with E-state index in [4.69, 9.17) is 8.22 Å². The van der Waals surface area contributed by atoms with Crippen molar-refractivity contribution in [3.05, 3.63) is 35.9 Å². The Kier molecular flexibility index (Phi) is 1.53. The van der Waals surface area contributed by atoms with Crippen LogP contribution in [-0.4, -0.2) is 24.8 Å². The third-order valence-corrected chi connectivity index (χ3v) is 1.72. The summed E-state index contributed by atoms with van der Waals surface area (Å²) in [5.74, 6) is -0.899. The molecule has 0 bridgehead atoms. The molecular formula is C11H15NO. The van der Waals surface area contributed by atoms with Crippen LogP contribution in [0.3, 0.4) is 0 Å². The van der Waals surface area contributed by atoms with Gasteiger partial charge in [-0.15, -0.1) is 0 Å². The molecule has 0 spiro atoms. The molecule has 0 saturated heterocycles. The molecule has 0 radical (unpaired) electrons. The van der Waals surface area contributed by atoms with Crippen molar-refractivity contribution < 1.29 is 13.0 Å². The first kappa shape index (κ1) is 4.27. The minimum absolute atomic E-state index is 0.00292. The largest absolute Gasteiger partial charge is 0.349 e. The van der Waals surface area contributed by atoms with E-state index < -0.39 is 19.9 Å². The van der Waals surface area contributed by atoms with Gasteiger partial charge in [-0.3, -0.25) is 4.79 Å². The molecule has 2 nitrogen and oxygen atoms in total. The molecule has 1 aromatic carbocycles. The van der Waals surface area contributed by atoms with E-state index in [1.807, 2.05) is 6.07 Å². The molecule has 0 aliphatic rings. The van der Waals surface area contributed by atoms with Gasteiger partial charge in [-0.2, -0.15) is 0 Å². The van der Waals surface area contributed by atoms with E-state index in [1.165, 1.54) is 0 Å². The van der Waals surface area contributed by atoms with Gasteiger partial charge in [-0.05, 0) is 12.0 Å². The molecule has 1 aromatic rings. The van der Waals surface area contributed by atoms with Crippen LogP contribution in [0.2, 0.25) is 0 Å². The fourth-order valence-corrected chi connectivity index (χ4v) is 1.01. The fourth-order valence-electron chi connectivity index (χ4n) is 1.01. The molecule has 0 heterocycles. The van der Waals surface area contributed by atoms with E-state index in [1.54, 1.807) is 24.3 Å². The number of amides is 1. The highest BCUT2D eigenvalue weighted by Gasteiger charge is 2.03. The highest BCUT2D eigenvalue weighted by Crippen LogP contribution is 2.03. The first-order chi connectivity index (χ1) is 8.62. The Balaban J connectivity index is 2.74. The van der Waals surface area contributed by atoms with Gasteiger partial charge < -0.3 is 4.90 Å². The number of aryl methyl sites for hydroxylation is 1. The minimum atomic E-state index is -2.96. The fraction of sp³-hybridized carbons (Fsp3) is 0.364. The van der Waals surface area contributed by atoms with E-state index in [0.29, 0.717) is 6.42 Å². The van der Waals surface area contributed by atoms with E-state index in [9.17, 15) is 4.79 Å². The third kappa shape index (κ3) is 3.28. The molecule has 0 aromatic heterocycles. The Morgan fingerprint density at radius 3 is 2.69 bits per heavy atom. The summed E-state index contributed by atoms with van der Waals surface area (Å²) in [6.07, 6.45) is 0.156. The summed E-state index contributed by atoms with van der Waals surface area (Å²) in [4.78, 5) is 11.8. The van der Waals surface area contributed by atoms with Crippen molar-refractivity contribution in [3.63, 3.8) is 0 Å². The second kappa shape index (κ2) is 4.65. The zero-order chi connectivity index (χ0) is 14.7. The smallest absolute Gasteiger partial charge is 0.222 e. The van der Waals surface area contributed by atoms with Crippen molar-refractivity contribution >= 4 is 5.91 Å². The van der Waals surface area contributed by atoms with Gasteiger partial charge in [0, 0.05) is 28.6 Å². The zero-order valence-electron chi connectivity index (χ0n) is 13.2. The molecule has 0 atom stereocenters. The number of hydrogen-bond acceptors (Lipinski definition) is 1. The summed E-state index contributed by atoms with van der Waals surface area (Å²) in [6, 6.07) is 9.00. The lowest BCUT2D eigenvalue weighted by atomic mass is 10.1. The summed E-state index contributed by atoms with van der Waals surface area (Å²) in [6.45, 7) is -5.92. The third-order valence-electron chi connectivity index (χ3n) is 1.72. The van der Waals surface area contributed by atoms with Crippen molar-refractivity contribution in [2.75, 3.05) is 14.0 Å². The van der Waals surface area contributed by atoms with E-state index in [2.05, 4.69) is 0 Å². The Morgan fingerprint density at radius 1 is 1.38 bits per heavy atom. The van der Waals surface area contributed by atoms with E-state index >= 15 is 0 Å². The Bertz CT molecular complexity index is 411. The predicted octanol–water partition coefficient (Wildman–Crippen LogP) is 1.71. The van der Waals surface area contributed by atoms with E-state index in [0.717, 1.165) is 5.56 Å². The van der Waals surface area contributed by atoms with Gasteiger partial charge >= 0.3 is 0 Å². The van der Waals surface area contributed by atoms with Crippen LogP contribution in [0.4, 0.5) is 0 Å². The van der Waals surface area contributed by atoms with Crippen molar-refractivity contribution in [1.82, 2.24) is 4.90 Å². The Labute approximate surface area is 87.6 Å². The lowest BCUT2D eigenvalue weighted by Crippen LogP contribution is -2.21. The van der Waals surface area contributed by atoms with Crippen molar-refractivity contribution in [2.24, 2.45) is 0 Å². The summed E-state index contributed by atoms with van der Waals surface area (Å²) >= 11 is 0. The molecule has 1 amide bonds. The first-order valence-electron chi connectivity index (χ1n) is 6.99. The van der Waals surface area contributed by atoms with Gasteiger partial charge in [-0.25, -0.2) is 0 Å². The quantitative estimate of drug-likeness (QED) is 0.698. The Morgan fingerprint density at radius 2 is 2.08 bits per heavy atom. The number of rotatable bonds is 3. The van der Waals surface area contributed by atoms with Gasteiger partial charge in [0.1, 0.15) is 0 Å². The van der Waals surface area contributed by atoms with Crippen LogP contribution in [-0.2, 0) is 11.2 Å². The van der Waals surface area contributed by atoms with Crippen LogP contribution in [0.25, 0.3) is 0 Å².